The first-order chi connectivity index (χ1) is 40.5. The fourth-order valence-corrected chi connectivity index (χ4v) is 9.88. The number of carbonyl (C=O) groups is 3. The van der Waals surface area contributed by atoms with Gasteiger partial charge < -0.3 is 14.2 Å². The largest absolute Gasteiger partial charge is 0.462 e. The summed E-state index contributed by atoms with van der Waals surface area (Å²) in [6, 6.07) is 0. The van der Waals surface area contributed by atoms with Crippen LogP contribution in [0.4, 0.5) is 0 Å². The van der Waals surface area contributed by atoms with Crippen molar-refractivity contribution in [1.82, 2.24) is 0 Å². The van der Waals surface area contributed by atoms with E-state index in [4.69, 9.17) is 14.2 Å². The van der Waals surface area contributed by atoms with Crippen molar-refractivity contribution < 1.29 is 28.6 Å². The third-order valence-electron chi connectivity index (χ3n) is 15.0. The molecule has 1 atom stereocenters. The van der Waals surface area contributed by atoms with E-state index in [9.17, 15) is 14.4 Å². The highest BCUT2D eigenvalue weighted by molar-refractivity contribution is 5.71. The van der Waals surface area contributed by atoms with Gasteiger partial charge in [0.2, 0.25) is 0 Å². The van der Waals surface area contributed by atoms with Crippen LogP contribution in [0.1, 0.15) is 335 Å². The third kappa shape index (κ3) is 66.9. The molecular weight excluding hydrogens is 1010 g/mol. The van der Waals surface area contributed by atoms with Gasteiger partial charge in [0.05, 0.1) is 0 Å². The predicted molar refractivity (Wildman–Crippen MR) is 357 cm³/mol. The summed E-state index contributed by atoms with van der Waals surface area (Å²) in [7, 11) is 0. The minimum atomic E-state index is -0.775. The topological polar surface area (TPSA) is 78.9 Å². The predicted octanol–water partition coefficient (Wildman–Crippen LogP) is 24.2. The van der Waals surface area contributed by atoms with E-state index >= 15 is 0 Å². The molecule has 1 unspecified atom stereocenters. The zero-order valence-corrected chi connectivity index (χ0v) is 54.0. The maximum absolute atomic E-state index is 12.9. The van der Waals surface area contributed by atoms with Crippen LogP contribution in [0.2, 0.25) is 0 Å². The second-order valence-corrected chi connectivity index (χ2v) is 23.0. The first kappa shape index (κ1) is 78.1. The van der Waals surface area contributed by atoms with Crippen LogP contribution in [0.25, 0.3) is 0 Å². The molecular formula is C76H130O6. The molecule has 0 fully saturated rings. The van der Waals surface area contributed by atoms with E-state index in [1.165, 1.54) is 180 Å². The Hall–Kier alpha value is -3.93. The number of hydrogen-bond donors (Lipinski definition) is 0. The average Bonchev–Trinajstić information content (AvgIpc) is 3.47. The number of ether oxygens (including phenoxy) is 3. The van der Waals surface area contributed by atoms with Crippen LogP contribution in [0.15, 0.2) is 109 Å². The van der Waals surface area contributed by atoms with Crippen LogP contribution in [-0.2, 0) is 28.6 Å². The minimum Gasteiger partial charge on any atom is -0.462 e. The van der Waals surface area contributed by atoms with Gasteiger partial charge in [-0.25, -0.2) is 0 Å². The Bertz CT molecular complexity index is 1640. The summed E-state index contributed by atoms with van der Waals surface area (Å²) in [5, 5.41) is 0. The van der Waals surface area contributed by atoms with Gasteiger partial charge in [0.1, 0.15) is 13.2 Å². The van der Waals surface area contributed by atoms with Crippen molar-refractivity contribution in [2.24, 2.45) is 0 Å². The van der Waals surface area contributed by atoms with Gasteiger partial charge in [-0.2, -0.15) is 0 Å². The van der Waals surface area contributed by atoms with Gasteiger partial charge in [-0.3, -0.25) is 14.4 Å². The van der Waals surface area contributed by atoms with Gasteiger partial charge in [-0.15, -0.1) is 0 Å². The summed E-state index contributed by atoms with van der Waals surface area (Å²) in [5.41, 5.74) is 0. The number of carbonyl (C=O) groups excluding carboxylic acids is 3. The first-order valence-electron chi connectivity index (χ1n) is 34.9. The van der Waals surface area contributed by atoms with Crippen molar-refractivity contribution in [3.05, 3.63) is 109 Å². The monoisotopic (exact) mass is 1140 g/mol. The first-order valence-corrected chi connectivity index (χ1v) is 34.9. The summed E-state index contributed by atoms with van der Waals surface area (Å²) >= 11 is 0. The Labute approximate surface area is 508 Å². The van der Waals surface area contributed by atoms with E-state index < -0.39 is 6.10 Å². The van der Waals surface area contributed by atoms with Gasteiger partial charge in [0.25, 0.3) is 0 Å². The maximum atomic E-state index is 12.9. The van der Waals surface area contributed by atoms with Gasteiger partial charge in [-0.1, -0.05) is 323 Å². The second kappa shape index (κ2) is 69.6. The van der Waals surface area contributed by atoms with E-state index in [1.807, 2.05) is 0 Å². The van der Waals surface area contributed by atoms with Crippen LogP contribution in [0, 0.1) is 0 Å². The molecule has 0 aromatic carbocycles. The lowest BCUT2D eigenvalue weighted by atomic mass is 10.0. The molecule has 0 aromatic rings. The molecule has 470 valence electrons. The molecule has 0 heterocycles. The van der Waals surface area contributed by atoms with E-state index in [-0.39, 0.29) is 31.1 Å². The van der Waals surface area contributed by atoms with Crippen LogP contribution in [0.5, 0.6) is 0 Å². The van der Waals surface area contributed by atoms with Crippen LogP contribution in [0.3, 0.4) is 0 Å². The normalized spacial score (nSPS) is 12.8. The van der Waals surface area contributed by atoms with Gasteiger partial charge in [0, 0.05) is 19.3 Å². The van der Waals surface area contributed by atoms with Crippen LogP contribution >= 0.6 is 0 Å². The van der Waals surface area contributed by atoms with E-state index in [0.717, 1.165) is 116 Å². The fourth-order valence-electron chi connectivity index (χ4n) is 9.88. The molecule has 0 saturated carbocycles. The maximum Gasteiger partial charge on any atom is 0.306 e. The highest BCUT2D eigenvalue weighted by Gasteiger charge is 2.19. The molecule has 0 amide bonds. The number of unbranched alkanes of at least 4 members (excludes halogenated alkanes) is 34. The summed E-state index contributed by atoms with van der Waals surface area (Å²) in [5.74, 6) is -0.872. The average molecular weight is 1140 g/mol. The molecule has 0 bridgehead atoms. The van der Waals surface area contributed by atoms with Crippen LogP contribution < -0.4 is 0 Å². The number of esters is 3. The lowest BCUT2D eigenvalue weighted by Gasteiger charge is -2.18. The molecule has 6 heteroatoms. The lowest BCUT2D eigenvalue weighted by Crippen LogP contribution is -2.30. The van der Waals surface area contributed by atoms with Crippen molar-refractivity contribution >= 4 is 17.9 Å². The van der Waals surface area contributed by atoms with Gasteiger partial charge >= 0.3 is 17.9 Å². The molecule has 0 N–H and O–H groups in total. The highest BCUT2D eigenvalue weighted by atomic mass is 16.6. The molecule has 0 aliphatic rings. The standard InChI is InChI=1S/C76H130O6/c1-4-7-10-13-16-18-20-22-24-26-28-30-32-34-36-37-38-39-41-42-44-46-48-50-52-54-56-58-60-63-66-69-75(78)81-72-73(71-80-74(77)68-65-62-15-12-9-6-3)82-76(79)70-67-64-61-59-57-55-53-51-49-47-45-43-40-35-33-31-29-27-25-23-21-19-17-14-11-8-5-2/h7-8,10-11,16-19,22-25,28-31,34,36,73H,4-6,9,12-15,20-21,26-27,32-33,35,37-72H2,1-3H3/b10-7-,11-8-,18-16-,19-17-,24-22-,25-23-,30-28-,31-29-,36-34-. The molecule has 0 radical (unpaired) electrons. The Morgan fingerprint density at radius 3 is 0.744 bits per heavy atom. The zero-order valence-electron chi connectivity index (χ0n) is 54.0. The fraction of sp³-hybridized carbons (Fsp3) is 0.724. The summed E-state index contributed by atoms with van der Waals surface area (Å²) in [4.78, 5) is 38.1. The second-order valence-electron chi connectivity index (χ2n) is 23.0. The third-order valence-corrected chi connectivity index (χ3v) is 15.0. The minimum absolute atomic E-state index is 0.0748. The lowest BCUT2D eigenvalue weighted by molar-refractivity contribution is -0.167. The van der Waals surface area contributed by atoms with E-state index in [1.54, 1.807) is 0 Å². The van der Waals surface area contributed by atoms with Crippen molar-refractivity contribution in [3.63, 3.8) is 0 Å². The zero-order chi connectivity index (χ0) is 59.2. The summed E-state index contributed by atoms with van der Waals surface area (Å²) < 4.78 is 16.9. The molecule has 0 rings (SSSR count). The molecule has 0 saturated heterocycles. The number of allylic oxidation sites excluding steroid dienone is 18. The van der Waals surface area contributed by atoms with Crippen molar-refractivity contribution in [2.75, 3.05) is 13.2 Å². The molecule has 6 nitrogen and oxygen atoms in total. The Morgan fingerprint density at radius 1 is 0.256 bits per heavy atom. The molecule has 82 heavy (non-hydrogen) atoms. The van der Waals surface area contributed by atoms with E-state index in [2.05, 4.69) is 130 Å². The summed E-state index contributed by atoms with van der Waals surface area (Å²) in [6.07, 6.45) is 95.8. The number of rotatable bonds is 63. The van der Waals surface area contributed by atoms with Crippen molar-refractivity contribution in [3.8, 4) is 0 Å². The molecule has 0 aliphatic heterocycles. The molecule has 0 aliphatic carbocycles. The highest BCUT2D eigenvalue weighted by Crippen LogP contribution is 2.17. The van der Waals surface area contributed by atoms with Gasteiger partial charge in [-0.05, 0) is 103 Å². The Balaban J connectivity index is 4.02. The molecule has 0 aromatic heterocycles. The Kier molecular flexibility index (Phi) is 66.2. The smallest absolute Gasteiger partial charge is 0.306 e. The van der Waals surface area contributed by atoms with Gasteiger partial charge in [0.15, 0.2) is 6.10 Å². The van der Waals surface area contributed by atoms with Crippen molar-refractivity contribution in [1.29, 1.82) is 0 Å². The Morgan fingerprint density at radius 2 is 0.476 bits per heavy atom. The van der Waals surface area contributed by atoms with Crippen molar-refractivity contribution in [2.45, 2.75) is 341 Å². The molecule has 0 spiro atoms. The quantitative estimate of drug-likeness (QED) is 0.0261. The number of hydrogen-bond acceptors (Lipinski definition) is 6. The summed E-state index contributed by atoms with van der Waals surface area (Å²) in [6.45, 7) is 6.39. The van der Waals surface area contributed by atoms with Crippen LogP contribution in [-0.4, -0.2) is 37.2 Å². The van der Waals surface area contributed by atoms with E-state index in [0.29, 0.717) is 19.3 Å². The SMILES string of the molecule is CC/C=C\C/C=C\C/C=C\C/C=C\C/C=C\CCCCCCCCCCCCCCCCCC(=O)OCC(COC(=O)CCCCCCCC)OC(=O)CCCCCCCCCCCCCCCC/C=C\C/C=C\C/C=C\C/C=C\CC.